The number of halogens is 1. The highest BCUT2D eigenvalue weighted by Crippen LogP contribution is 2.32. The molecule has 0 saturated carbocycles. The highest BCUT2D eigenvalue weighted by Gasteiger charge is 2.22. The molecule has 0 aliphatic carbocycles. The van der Waals surface area contributed by atoms with Gasteiger partial charge in [0.15, 0.2) is 11.0 Å². The Kier molecular flexibility index (Phi) is 6.78. The molecule has 7 nitrogen and oxygen atoms in total. The summed E-state index contributed by atoms with van der Waals surface area (Å²) in [4.78, 5) is 23.6. The van der Waals surface area contributed by atoms with E-state index in [1.165, 1.54) is 11.8 Å². The number of likely N-dealkylation sites (tertiary alicyclic amines) is 1. The van der Waals surface area contributed by atoms with Crippen LogP contribution in [0.1, 0.15) is 42.8 Å². The van der Waals surface area contributed by atoms with Crippen molar-refractivity contribution in [3.8, 4) is 5.69 Å². The second-order valence-corrected chi connectivity index (χ2v) is 9.70. The maximum atomic E-state index is 12.6. The van der Waals surface area contributed by atoms with Crippen molar-refractivity contribution >= 4 is 40.2 Å². The van der Waals surface area contributed by atoms with Gasteiger partial charge in [0.1, 0.15) is 0 Å². The minimum atomic E-state index is 0.176. The second kappa shape index (κ2) is 10.1. The van der Waals surface area contributed by atoms with Gasteiger partial charge in [0.2, 0.25) is 5.91 Å². The van der Waals surface area contributed by atoms with Crippen molar-refractivity contribution in [2.45, 2.75) is 50.1 Å². The van der Waals surface area contributed by atoms with E-state index in [4.69, 9.17) is 16.6 Å². The number of thioether (sulfide) groups is 1. The van der Waals surface area contributed by atoms with Crippen LogP contribution in [0, 0.1) is 6.92 Å². The van der Waals surface area contributed by atoms with Gasteiger partial charge in [0.25, 0.3) is 0 Å². The molecule has 34 heavy (non-hydrogen) atoms. The van der Waals surface area contributed by atoms with Crippen LogP contribution >= 0.6 is 23.4 Å². The van der Waals surface area contributed by atoms with E-state index in [0.29, 0.717) is 28.9 Å². The van der Waals surface area contributed by atoms with Crippen molar-refractivity contribution in [1.82, 2.24) is 29.6 Å². The van der Waals surface area contributed by atoms with Crippen molar-refractivity contribution < 1.29 is 4.79 Å². The zero-order chi connectivity index (χ0) is 23.5. The normalized spacial score (nSPS) is 14.5. The maximum absolute atomic E-state index is 12.6. The number of pyridine rings is 2. The maximum Gasteiger partial charge on any atom is 0.222 e. The molecule has 0 radical (unpaired) electrons. The monoisotopic (exact) mass is 492 g/mol. The number of rotatable bonds is 6. The fourth-order valence-corrected chi connectivity index (χ4v) is 5.47. The Bertz CT molecular complexity index is 1330. The van der Waals surface area contributed by atoms with E-state index < -0.39 is 0 Å². The number of carbonyl (C=O) groups excluding carboxylic acids is 1. The molecule has 0 spiro atoms. The van der Waals surface area contributed by atoms with Gasteiger partial charge in [-0.3, -0.25) is 19.3 Å². The molecule has 0 unspecified atom stereocenters. The van der Waals surface area contributed by atoms with Crippen LogP contribution in [0.3, 0.4) is 0 Å². The molecule has 1 aromatic carbocycles. The zero-order valence-corrected chi connectivity index (χ0v) is 20.5. The largest absolute Gasteiger partial charge is 0.335 e. The predicted octanol–water partition coefficient (Wildman–Crippen LogP) is 5.37. The molecule has 1 fully saturated rings. The van der Waals surface area contributed by atoms with Crippen molar-refractivity contribution in [1.29, 1.82) is 0 Å². The zero-order valence-electron chi connectivity index (χ0n) is 18.9. The molecular formula is C25H25ClN6OS. The quantitative estimate of drug-likeness (QED) is 0.337. The summed E-state index contributed by atoms with van der Waals surface area (Å²) in [6.07, 6.45) is 7.16. The molecule has 4 heterocycles. The second-order valence-electron chi connectivity index (χ2n) is 8.37. The van der Waals surface area contributed by atoms with Crippen LogP contribution in [0.25, 0.3) is 16.6 Å². The summed E-state index contributed by atoms with van der Waals surface area (Å²) in [6.45, 7) is 3.20. The average molecular weight is 493 g/mol. The first-order valence-corrected chi connectivity index (χ1v) is 12.8. The number of para-hydroxylation sites is 1. The number of benzene rings is 1. The van der Waals surface area contributed by atoms with E-state index in [9.17, 15) is 4.79 Å². The summed E-state index contributed by atoms with van der Waals surface area (Å²) < 4.78 is 1.98. The molecule has 0 atom stereocenters. The molecule has 174 valence electrons. The standard InChI is InChI=1S/C25H25ClN6OS/c1-17-19-9-4-5-10-20(19)28-21(24(17)26)16-34-25-30-29-22(32(25)18-8-7-12-27-14-18)15-31-13-6-2-3-11-23(31)33/h4-5,7-10,12,14H,2-3,6,11,13,15-16H2,1H3. The summed E-state index contributed by atoms with van der Waals surface area (Å²) in [6, 6.07) is 11.9. The summed E-state index contributed by atoms with van der Waals surface area (Å²) in [5.74, 6) is 1.44. The van der Waals surface area contributed by atoms with Gasteiger partial charge in [-0.15, -0.1) is 10.2 Å². The van der Waals surface area contributed by atoms with Crippen LogP contribution in [-0.2, 0) is 17.1 Å². The van der Waals surface area contributed by atoms with Crippen LogP contribution in [0.5, 0.6) is 0 Å². The number of carbonyl (C=O) groups is 1. The molecule has 4 aromatic rings. The smallest absolute Gasteiger partial charge is 0.222 e. The molecule has 1 aliphatic rings. The molecule has 1 amide bonds. The third kappa shape index (κ3) is 4.65. The Morgan fingerprint density at radius 2 is 1.97 bits per heavy atom. The fourth-order valence-electron chi connectivity index (χ4n) is 4.26. The van der Waals surface area contributed by atoms with Crippen LogP contribution in [-0.4, -0.2) is 42.1 Å². The number of hydrogen-bond acceptors (Lipinski definition) is 6. The highest BCUT2D eigenvalue weighted by molar-refractivity contribution is 7.98. The van der Waals surface area contributed by atoms with Crippen molar-refractivity contribution in [3.05, 3.63) is 70.9 Å². The van der Waals surface area contributed by atoms with Gasteiger partial charge in [0.05, 0.1) is 34.7 Å². The first-order valence-electron chi connectivity index (χ1n) is 11.4. The number of nitrogens with zero attached hydrogens (tertiary/aromatic N) is 6. The summed E-state index contributed by atoms with van der Waals surface area (Å²) in [7, 11) is 0. The average Bonchev–Trinajstić information content (AvgIpc) is 3.15. The Hall–Kier alpha value is -2.97. The van der Waals surface area contributed by atoms with Crippen LogP contribution in [0.4, 0.5) is 0 Å². The van der Waals surface area contributed by atoms with Gasteiger partial charge in [-0.05, 0) is 43.5 Å². The fraction of sp³-hybridized carbons (Fsp3) is 0.320. The summed E-state index contributed by atoms with van der Waals surface area (Å²) in [5.41, 5.74) is 3.62. The molecule has 5 rings (SSSR count). The number of aryl methyl sites for hydroxylation is 1. The van der Waals surface area contributed by atoms with Crippen LogP contribution < -0.4 is 0 Å². The van der Waals surface area contributed by atoms with Crippen molar-refractivity contribution in [2.24, 2.45) is 0 Å². The van der Waals surface area contributed by atoms with E-state index in [2.05, 4.69) is 15.2 Å². The lowest BCUT2D eigenvalue weighted by molar-refractivity contribution is -0.131. The number of hydrogen-bond donors (Lipinski definition) is 0. The Balaban J connectivity index is 1.46. The van der Waals surface area contributed by atoms with Crippen LogP contribution in [0.2, 0.25) is 5.02 Å². The van der Waals surface area contributed by atoms with E-state index in [1.54, 1.807) is 12.4 Å². The van der Waals surface area contributed by atoms with E-state index in [-0.39, 0.29) is 5.91 Å². The topological polar surface area (TPSA) is 76.8 Å². The number of amides is 1. The van der Waals surface area contributed by atoms with Crippen molar-refractivity contribution in [3.63, 3.8) is 0 Å². The van der Waals surface area contributed by atoms with Gasteiger partial charge in [-0.1, -0.05) is 48.0 Å². The van der Waals surface area contributed by atoms with Gasteiger partial charge in [0, 0.05) is 30.3 Å². The number of fused-ring (bicyclic) bond motifs is 1. The van der Waals surface area contributed by atoms with Gasteiger partial charge in [-0.25, -0.2) is 0 Å². The van der Waals surface area contributed by atoms with E-state index in [0.717, 1.165) is 59.5 Å². The lowest BCUT2D eigenvalue weighted by atomic mass is 10.1. The lowest BCUT2D eigenvalue weighted by Crippen LogP contribution is -2.31. The lowest BCUT2D eigenvalue weighted by Gasteiger charge is -2.20. The van der Waals surface area contributed by atoms with Gasteiger partial charge in [-0.2, -0.15) is 0 Å². The van der Waals surface area contributed by atoms with Gasteiger partial charge < -0.3 is 4.90 Å². The van der Waals surface area contributed by atoms with Crippen LogP contribution in [0.15, 0.2) is 53.9 Å². The third-order valence-corrected chi connectivity index (χ3v) is 7.53. The highest BCUT2D eigenvalue weighted by atomic mass is 35.5. The molecule has 1 aliphatic heterocycles. The molecule has 3 aromatic heterocycles. The van der Waals surface area contributed by atoms with Gasteiger partial charge >= 0.3 is 0 Å². The molecule has 0 bridgehead atoms. The molecular weight excluding hydrogens is 468 g/mol. The van der Waals surface area contributed by atoms with E-state index >= 15 is 0 Å². The Morgan fingerprint density at radius 1 is 1.09 bits per heavy atom. The Morgan fingerprint density at radius 3 is 2.82 bits per heavy atom. The number of aromatic nitrogens is 5. The SMILES string of the molecule is Cc1c(Cl)c(CSc2nnc(CN3CCCCCC3=O)n2-c2cccnc2)nc2ccccc12. The minimum Gasteiger partial charge on any atom is -0.335 e. The minimum absolute atomic E-state index is 0.176. The summed E-state index contributed by atoms with van der Waals surface area (Å²) >= 11 is 8.21. The first kappa shape index (κ1) is 22.8. The molecule has 1 saturated heterocycles. The predicted molar refractivity (Wildman–Crippen MR) is 134 cm³/mol. The molecule has 9 heteroatoms. The summed E-state index contributed by atoms with van der Waals surface area (Å²) in [5, 5.41) is 11.4. The molecule has 0 N–H and O–H groups in total. The third-order valence-electron chi connectivity index (χ3n) is 6.09. The first-order chi connectivity index (χ1) is 16.6. The van der Waals surface area contributed by atoms with Crippen molar-refractivity contribution in [2.75, 3.05) is 6.54 Å². The Labute approximate surface area is 207 Å². The van der Waals surface area contributed by atoms with E-state index in [1.807, 2.05) is 52.8 Å².